The van der Waals surface area contributed by atoms with Crippen molar-refractivity contribution < 1.29 is 9.90 Å². The number of fused-ring (bicyclic) bond motifs is 1. The third-order valence-corrected chi connectivity index (χ3v) is 8.21. The van der Waals surface area contributed by atoms with Gasteiger partial charge in [0.25, 0.3) is 5.56 Å². The number of aromatic nitrogens is 5. The molecule has 0 spiro atoms. The van der Waals surface area contributed by atoms with Crippen molar-refractivity contribution in [3.8, 4) is 16.8 Å². The molecule has 1 N–H and O–H groups in total. The van der Waals surface area contributed by atoms with Gasteiger partial charge in [-0.3, -0.25) is 9.59 Å². The van der Waals surface area contributed by atoms with Crippen molar-refractivity contribution in [2.75, 3.05) is 0 Å². The van der Waals surface area contributed by atoms with Crippen LogP contribution >= 0.6 is 34.5 Å². The number of nitrogens with zero attached hydrogens (tertiary/aromatic N) is 6. The quantitative estimate of drug-likeness (QED) is 0.344. The Kier molecular flexibility index (Phi) is 6.02. The van der Waals surface area contributed by atoms with Gasteiger partial charge in [-0.1, -0.05) is 23.2 Å². The molecule has 0 fully saturated rings. The number of hydrogen-bond donors (Lipinski definition) is 1. The predicted octanol–water partition coefficient (Wildman–Crippen LogP) is 4.77. The van der Waals surface area contributed by atoms with E-state index in [1.165, 1.54) is 22.3 Å². The van der Waals surface area contributed by atoms with E-state index in [0.29, 0.717) is 28.7 Å². The summed E-state index contributed by atoms with van der Waals surface area (Å²) in [5.74, 6) is -0.874. The number of hydrogen-bond acceptors (Lipinski definition) is 7. The second-order valence-electron chi connectivity index (χ2n) is 8.80. The van der Waals surface area contributed by atoms with Gasteiger partial charge < -0.3 is 9.67 Å². The minimum Gasteiger partial charge on any atom is -0.481 e. The highest BCUT2D eigenvalue weighted by Crippen LogP contribution is 2.40. The van der Waals surface area contributed by atoms with Gasteiger partial charge in [0, 0.05) is 49.8 Å². The lowest BCUT2D eigenvalue weighted by molar-refractivity contribution is -0.136. The lowest BCUT2D eigenvalue weighted by atomic mass is 10.0. The predicted molar refractivity (Wildman–Crippen MR) is 142 cm³/mol. The summed E-state index contributed by atoms with van der Waals surface area (Å²) in [6.07, 6.45) is 3.43. The Balaban J connectivity index is 1.30. The number of benzene rings is 1. The number of aryl methyl sites for hydroxylation is 1. The van der Waals surface area contributed by atoms with Crippen LogP contribution in [-0.2, 0) is 17.6 Å². The molecule has 0 unspecified atom stereocenters. The highest BCUT2D eigenvalue weighted by Gasteiger charge is 2.32. The van der Waals surface area contributed by atoms with Gasteiger partial charge in [-0.2, -0.15) is 4.68 Å². The Bertz CT molecular complexity index is 1670. The van der Waals surface area contributed by atoms with Crippen LogP contribution in [0.25, 0.3) is 22.4 Å². The summed E-state index contributed by atoms with van der Waals surface area (Å²) in [4.78, 5) is 30.7. The van der Waals surface area contributed by atoms with E-state index >= 15 is 0 Å². The Morgan fingerprint density at radius 1 is 1.16 bits per heavy atom. The smallest absolute Gasteiger partial charge is 0.308 e. The number of carboxylic acids is 1. The van der Waals surface area contributed by atoms with Gasteiger partial charge in [0.1, 0.15) is 11.5 Å². The zero-order valence-corrected chi connectivity index (χ0v) is 21.5. The maximum Gasteiger partial charge on any atom is 0.308 e. The van der Waals surface area contributed by atoms with Gasteiger partial charge in [0.05, 0.1) is 18.2 Å². The fourth-order valence-corrected chi connectivity index (χ4v) is 6.48. The lowest BCUT2D eigenvalue weighted by Crippen LogP contribution is -2.27. The zero-order valence-electron chi connectivity index (χ0n) is 19.1. The fourth-order valence-electron chi connectivity index (χ4n) is 4.93. The molecule has 0 saturated heterocycles. The van der Waals surface area contributed by atoms with Crippen LogP contribution < -0.4 is 5.56 Å². The van der Waals surface area contributed by atoms with Crippen molar-refractivity contribution in [3.63, 3.8) is 0 Å². The number of carboxylic acid groups (broad SMARTS) is 1. The van der Waals surface area contributed by atoms with Gasteiger partial charge in [-0.15, -0.1) is 16.4 Å². The van der Waals surface area contributed by atoms with Crippen molar-refractivity contribution >= 4 is 51.8 Å². The Hall–Kier alpha value is -3.60. The van der Waals surface area contributed by atoms with E-state index in [9.17, 15) is 9.59 Å². The number of aliphatic carboxylic acids is 1. The van der Waals surface area contributed by atoms with E-state index < -0.39 is 5.97 Å². The fraction of sp³-hybridized carbons (Fsp3) is 0.200. The molecule has 0 amide bonds. The molecular weight excluding hydrogens is 535 g/mol. The Morgan fingerprint density at radius 2 is 2.03 bits per heavy atom. The highest BCUT2D eigenvalue weighted by atomic mass is 35.5. The maximum absolute atomic E-state index is 13.4. The summed E-state index contributed by atoms with van der Waals surface area (Å²) >= 11 is 14.2. The van der Waals surface area contributed by atoms with Crippen LogP contribution in [0.15, 0.2) is 63.7 Å². The largest absolute Gasteiger partial charge is 0.481 e. The molecule has 12 heteroatoms. The van der Waals surface area contributed by atoms with E-state index in [0.717, 1.165) is 44.3 Å². The summed E-state index contributed by atoms with van der Waals surface area (Å²) in [5.41, 5.74) is 4.67. The number of carbonyl (C=O) groups is 1. The molecular formula is C25H18Cl2N6O3S. The monoisotopic (exact) mass is 552 g/mol. The highest BCUT2D eigenvalue weighted by molar-refractivity contribution is 7.13. The first-order chi connectivity index (χ1) is 17.9. The van der Waals surface area contributed by atoms with Crippen LogP contribution in [0.3, 0.4) is 0 Å². The van der Waals surface area contributed by atoms with Crippen molar-refractivity contribution in [2.45, 2.75) is 31.7 Å². The molecule has 0 saturated carbocycles. The molecule has 37 heavy (non-hydrogen) atoms. The molecule has 0 aliphatic carbocycles. The Labute approximate surface area is 224 Å². The standard InChI is InChI=1S/C25H18Cl2N6O3S/c26-14-1-4-20(32-12-28-30-31-32)17(9-14)13-7-15-2-5-21(33(15)23(34)8-13)19-11-18(25(27)29-19)22-6-3-16(37-22)10-24(35)36/h1,3-4,6-9,12,21H,2,5,10-11H2,(H,35,36)/t21-/m0/s1. The summed E-state index contributed by atoms with van der Waals surface area (Å²) in [5, 5.41) is 21.4. The molecule has 9 nitrogen and oxygen atoms in total. The van der Waals surface area contributed by atoms with Crippen molar-refractivity contribution in [1.29, 1.82) is 0 Å². The number of pyridine rings is 1. The van der Waals surface area contributed by atoms with E-state index in [1.807, 2.05) is 18.2 Å². The number of thiophene rings is 1. The number of tetrazole rings is 1. The van der Waals surface area contributed by atoms with Crippen molar-refractivity contribution in [2.24, 2.45) is 4.99 Å². The second-order valence-corrected chi connectivity index (χ2v) is 10.8. The summed E-state index contributed by atoms with van der Waals surface area (Å²) in [6, 6.07) is 12.5. The SMILES string of the molecule is O=C(O)Cc1ccc(C2=C(Cl)N=C([C@@H]3CCc4cc(-c5cc(Cl)ccc5-n5cnnn5)cc(=O)n43)C2)s1. The van der Waals surface area contributed by atoms with Crippen LogP contribution in [0.1, 0.15) is 34.3 Å². The topological polar surface area (TPSA) is 115 Å². The van der Waals surface area contributed by atoms with Crippen LogP contribution in [0.2, 0.25) is 5.02 Å². The first-order valence-electron chi connectivity index (χ1n) is 11.4. The number of allylic oxidation sites excluding steroid dienone is 1. The number of aliphatic imine (C=N–C) groups is 1. The minimum absolute atomic E-state index is 0.0290. The van der Waals surface area contributed by atoms with Crippen LogP contribution in [0.5, 0.6) is 0 Å². The van der Waals surface area contributed by atoms with E-state index in [1.54, 1.807) is 28.8 Å². The van der Waals surface area contributed by atoms with Gasteiger partial charge in [-0.05, 0) is 65.2 Å². The molecule has 3 aromatic heterocycles. The van der Waals surface area contributed by atoms with Gasteiger partial charge in [0.2, 0.25) is 0 Å². The zero-order chi connectivity index (χ0) is 25.7. The summed E-state index contributed by atoms with van der Waals surface area (Å²) in [7, 11) is 0. The molecule has 2 aliphatic heterocycles. The lowest BCUT2D eigenvalue weighted by Gasteiger charge is -2.16. The maximum atomic E-state index is 13.4. The van der Waals surface area contributed by atoms with E-state index in [4.69, 9.17) is 28.3 Å². The Morgan fingerprint density at radius 3 is 2.81 bits per heavy atom. The molecule has 1 atom stereocenters. The van der Waals surface area contributed by atoms with E-state index in [-0.39, 0.29) is 18.0 Å². The third-order valence-electron chi connectivity index (χ3n) is 6.52. The van der Waals surface area contributed by atoms with Crippen LogP contribution in [0, 0.1) is 0 Å². The minimum atomic E-state index is -0.874. The normalized spacial score (nSPS) is 16.8. The second kappa shape index (κ2) is 9.37. The average Bonchev–Trinajstić information content (AvgIpc) is 3.65. The van der Waals surface area contributed by atoms with Crippen LogP contribution in [-0.4, -0.2) is 41.6 Å². The molecule has 0 radical (unpaired) electrons. The third kappa shape index (κ3) is 4.41. The number of rotatable bonds is 6. The average molecular weight is 553 g/mol. The summed E-state index contributed by atoms with van der Waals surface area (Å²) < 4.78 is 3.33. The molecule has 2 aliphatic rings. The molecule has 5 heterocycles. The first-order valence-corrected chi connectivity index (χ1v) is 13.0. The molecule has 6 rings (SSSR count). The number of halogens is 2. The van der Waals surface area contributed by atoms with Crippen molar-refractivity contribution in [3.05, 3.63) is 84.8 Å². The molecule has 1 aromatic carbocycles. The first kappa shape index (κ1) is 23.8. The van der Waals surface area contributed by atoms with Gasteiger partial charge >= 0.3 is 5.97 Å². The van der Waals surface area contributed by atoms with Crippen LogP contribution in [0.4, 0.5) is 0 Å². The van der Waals surface area contributed by atoms with E-state index in [2.05, 4.69) is 20.5 Å². The van der Waals surface area contributed by atoms with Crippen molar-refractivity contribution in [1.82, 2.24) is 24.8 Å². The van der Waals surface area contributed by atoms with Gasteiger partial charge in [-0.25, -0.2) is 4.99 Å². The molecule has 0 bridgehead atoms. The summed E-state index contributed by atoms with van der Waals surface area (Å²) in [6.45, 7) is 0. The molecule has 186 valence electrons. The van der Waals surface area contributed by atoms with Gasteiger partial charge in [0.15, 0.2) is 0 Å². The molecule has 4 aromatic rings.